The van der Waals surface area contributed by atoms with E-state index in [0.29, 0.717) is 24.7 Å². The lowest BCUT2D eigenvalue weighted by atomic mass is 9.78. The van der Waals surface area contributed by atoms with Crippen molar-refractivity contribution >= 4 is 0 Å². The van der Waals surface area contributed by atoms with Crippen LogP contribution in [-0.4, -0.2) is 30.5 Å². The molecular weight excluding hydrogens is 190 g/mol. The monoisotopic (exact) mass is 213 g/mol. The minimum absolute atomic E-state index is 0.0469. The SMILES string of the molecule is CC1CCC(CC(CN)(CO)C2CC2)O1. The fourth-order valence-corrected chi connectivity index (χ4v) is 2.86. The lowest BCUT2D eigenvalue weighted by molar-refractivity contribution is -0.00220. The Morgan fingerprint density at radius 1 is 1.33 bits per heavy atom. The van der Waals surface area contributed by atoms with E-state index in [-0.39, 0.29) is 12.0 Å². The fraction of sp³-hybridized carbons (Fsp3) is 1.00. The molecule has 0 aromatic rings. The highest BCUT2D eigenvalue weighted by atomic mass is 16.5. The minimum atomic E-state index is -0.0469. The predicted molar refractivity (Wildman–Crippen MR) is 59.5 cm³/mol. The summed E-state index contributed by atoms with van der Waals surface area (Å²) < 4.78 is 5.83. The van der Waals surface area contributed by atoms with Crippen LogP contribution in [0, 0.1) is 11.3 Å². The number of hydrogen-bond donors (Lipinski definition) is 2. The van der Waals surface area contributed by atoms with Gasteiger partial charge in [0.15, 0.2) is 0 Å². The van der Waals surface area contributed by atoms with Crippen molar-refractivity contribution in [3.05, 3.63) is 0 Å². The van der Waals surface area contributed by atoms with Gasteiger partial charge in [-0.15, -0.1) is 0 Å². The Morgan fingerprint density at radius 2 is 2.07 bits per heavy atom. The van der Waals surface area contributed by atoms with Gasteiger partial charge in [-0.05, 0) is 44.9 Å². The van der Waals surface area contributed by atoms with Crippen LogP contribution in [0.5, 0.6) is 0 Å². The summed E-state index contributed by atoms with van der Waals surface area (Å²) in [6.45, 7) is 2.95. The van der Waals surface area contributed by atoms with Crippen molar-refractivity contribution in [3.8, 4) is 0 Å². The van der Waals surface area contributed by atoms with Gasteiger partial charge in [0, 0.05) is 12.0 Å². The van der Waals surface area contributed by atoms with Crippen molar-refractivity contribution < 1.29 is 9.84 Å². The maximum Gasteiger partial charge on any atom is 0.0586 e. The molecule has 3 atom stereocenters. The molecule has 3 nitrogen and oxygen atoms in total. The first kappa shape index (κ1) is 11.4. The second-order valence-corrected chi connectivity index (χ2v) is 5.35. The van der Waals surface area contributed by atoms with E-state index in [1.54, 1.807) is 0 Å². The Morgan fingerprint density at radius 3 is 2.47 bits per heavy atom. The highest BCUT2D eigenvalue weighted by Gasteiger charge is 2.45. The van der Waals surface area contributed by atoms with Gasteiger partial charge in [0.05, 0.1) is 18.8 Å². The number of aliphatic hydroxyl groups excluding tert-OH is 1. The van der Waals surface area contributed by atoms with Crippen LogP contribution >= 0.6 is 0 Å². The lowest BCUT2D eigenvalue weighted by Gasteiger charge is -2.33. The second kappa shape index (κ2) is 4.40. The van der Waals surface area contributed by atoms with Crippen LogP contribution in [0.2, 0.25) is 0 Å². The third-order valence-corrected chi connectivity index (χ3v) is 4.12. The zero-order valence-electron chi connectivity index (χ0n) is 9.61. The molecule has 0 bridgehead atoms. The number of ether oxygens (including phenoxy) is 1. The molecule has 0 spiro atoms. The van der Waals surface area contributed by atoms with E-state index in [4.69, 9.17) is 10.5 Å². The van der Waals surface area contributed by atoms with Crippen molar-refractivity contribution in [2.45, 2.75) is 51.2 Å². The molecule has 1 heterocycles. The molecule has 2 aliphatic rings. The third kappa shape index (κ3) is 2.35. The maximum atomic E-state index is 9.58. The van der Waals surface area contributed by atoms with Crippen LogP contribution in [0.1, 0.15) is 39.0 Å². The Kier molecular flexibility index (Phi) is 3.33. The van der Waals surface area contributed by atoms with Crippen LogP contribution in [-0.2, 0) is 4.74 Å². The zero-order chi connectivity index (χ0) is 10.9. The minimum Gasteiger partial charge on any atom is -0.396 e. The summed E-state index contributed by atoms with van der Waals surface area (Å²) in [5.41, 5.74) is 5.81. The summed E-state index contributed by atoms with van der Waals surface area (Å²) in [6, 6.07) is 0. The van der Waals surface area contributed by atoms with Gasteiger partial charge in [-0.25, -0.2) is 0 Å². The largest absolute Gasteiger partial charge is 0.396 e. The van der Waals surface area contributed by atoms with Gasteiger partial charge in [-0.1, -0.05) is 0 Å². The number of nitrogens with two attached hydrogens (primary N) is 1. The lowest BCUT2D eigenvalue weighted by Crippen LogP contribution is -2.39. The first-order chi connectivity index (χ1) is 7.20. The third-order valence-electron chi connectivity index (χ3n) is 4.12. The van der Waals surface area contributed by atoms with Gasteiger partial charge >= 0.3 is 0 Å². The smallest absolute Gasteiger partial charge is 0.0586 e. The molecule has 88 valence electrons. The molecule has 3 unspecified atom stereocenters. The molecule has 0 radical (unpaired) electrons. The van der Waals surface area contributed by atoms with E-state index < -0.39 is 0 Å². The molecule has 1 aliphatic heterocycles. The van der Waals surface area contributed by atoms with E-state index in [9.17, 15) is 5.11 Å². The van der Waals surface area contributed by atoms with Gasteiger partial charge < -0.3 is 15.6 Å². The van der Waals surface area contributed by atoms with Gasteiger partial charge in [-0.2, -0.15) is 0 Å². The summed E-state index contributed by atoms with van der Waals surface area (Å²) >= 11 is 0. The maximum absolute atomic E-state index is 9.58. The predicted octanol–water partition coefficient (Wildman–Crippen LogP) is 1.29. The molecule has 2 fully saturated rings. The molecule has 0 aromatic carbocycles. The summed E-state index contributed by atoms with van der Waals surface area (Å²) in [4.78, 5) is 0. The fourth-order valence-electron chi connectivity index (χ4n) is 2.86. The highest BCUT2D eigenvalue weighted by Crippen LogP contribution is 2.48. The van der Waals surface area contributed by atoms with E-state index >= 15 is 0 Å². The molecule has 1 aliphatic carbocycles. The zero-order valence-corrected chi connectivity index (χ0v) is 9.61. The van der Waals surface area contributed by atoms with Gasteiger partial charge in [0.1, 0.15) is 0 Å². The average molecular weight is 213 g/mol. The quantitative estimate of drug-likeness (QED) is 0.723. The number of rotatable bonds is 5. The van der Waals surface area contributed by atoms with Crippen molar-refractivity contribution in [1.29, 1.82) is 0 Å². The molecule has 3 N–H and O–H groups in total. The van der Waals surface area contributed by atoms with Crippen molar-refractivity contribution in [3.63, 3.8) is 0 Å². The highest BCUT2D eigenvalue weighted by molar-refractivity contribution is 4.96. The van der Waals surface area contributed by atoms with E-state index in [1.807, 2.05) is 0 Å². The summed E-state index contributed by atoms with van der Waals surface area (Å²) in [6.07, 6.45) is 6.44. The standard InChI is InChI=1S/C12H23NO2/c1-9-2-5-11(15-9)6-12(7-13,8-14)10-3-4-10/h9-11,14H,2-8,13H2,1H3. The van der Waals surface area contributed by atoms with Crippen molar-refractivity contribution in [2.24, 2.45) is 17.1 Å². The number of aliphatic hydroxyl groups is 1. The summed E-state index contributed by atoms with van der Waals surface area (Å²) in [5.74, 6) is 0.645. The van der Waals surface area contributed by atoms with Gasteiger partial charge in [-0.3, -0.25) is 0 Å². The molecule has 0 amide bonds. The summed E-state index contributed by atoms with van der Waals surface area (Å²) in [5, 5.41) is 9.58. The van der Waals surface area contributed by atoms with Gasteiger partial charge in [0.2, 0.25) is 0 Å². The molecule has 3 heteroatoms. The topological polar surface area (TPSA) is 55.5 Å². The van der Waals surface area contributed by atoms with E-state index in [2.05, 4.69) is 6.92 Å². The van der Waals surface area contributed by atoms with Crippen molar-refractivity contribution in [1.82, 2.24) is 0 Å². The first-order valence-electron chi connectivity index (χ1n) is 6.16. The molecule has 0 aromatic heterocycles. The van der Waals surface area contributed by atoms with Crippen LogP contribution in [0.3, 0.4) is 0 Å². The molecule has 15 heavy (non-hydrogen) atoms. The number of hydrogen-bond acceptors (Lipinski definition) is 3. The molecule has 1 saturated heterocycles. The van der Waals surface area contributed by atoms with E-state index in [1.165, 1.54) is 12.8 Å². The Balaban J connectivity index is 1.93. The second-order valence-electron chi connectivity index (χ2n) is 5.35. The molecule has 1 saturated carbocycles. The Labute approximate surface area is 92.0 Å². The van der Waals surface area contributed by atoms with Crippen LogP contribution < -0.4 is 5.73 Å². The first-order valence-corrected chi connectivity index (χ1v) is 6.16. The summed E-state index contributed by atoms with van der Waals surface area (Å²) in [7, 11) is 0. The average Bonchev–Trinajstić information content (AvgIpc) is 3.01. The normalized spacial score (nSPS) is 35.4. The van der Waals surface area contributed by atoms with Crippen LogP contribution in [0.25, 0.3) is 0 Å². The Hall–Kier alpha value is -0.120. The van der Waals surface area contributed by atoms with Crippen molar-refractivity contribution in [2.75, 3.05) is 13.2 Å². The van der Waals surface area contributed by atoms with Gasteiger partial charge in [0.25, 0.3) is 0 Å². The molecular formula is C12H23NO2. The van der Waals surface area contributed by atoms with E-state index in [0.717, 1.165) is 19.3 Å². The Bertz CT molecular complexity index is 212. The molecule has 2 rings (SSSR count). The van der Waals surface area contributed by atoms with Crippen LogP contribution in [0.15, 0.2) is 0 Å². The van der Waals surface area contributed by atoms with Crippen LogP contribution in [0.4, 0.5) is 0 Å².